The lowest BCUT2D eigenvalue weighted by Gasteiger charge is -1.93. The molecule has 0 aliphatic rings. The summed E-state index contributed by atoms with van der Waals surface area (Å²) in [4.78, 5) is 7.73. The van der Waals surface area contributed by atoms with Crippen molar-refractivity contribution in [1.29, 1.82) is 0 Å². The van der Waals surface area contributed by atoms with Gasteiger partial charge < -0.3 is 4.74 Å². The first-order valence-electron chi connectivity index (χ1n) is 4.59. The first-order valence-corrected chi connectivity index (χ1v) is 5.38. The summed E-state index contributed by atoms with van der Waals surface area (Å²) in [6.07, 6.45) is 3.38. The summed E-state index contributed by atoms with van der Waals surface area (Å²) in [5.41, 5.74) is 0. The van der Waals surface area contributed by atoms with Gasteiger partial charge in [-0.1, -0.05) is 0 Å². The number of hydrogen-bond donors (Lipinski definition) is 0. The highest BCUT2D eigenvalue weighted by Crippen LogP contribution is 2.00. The minimum atomic E-state index is 0.221. The Morgan fingerprint density at radius 2 is 2.38 bits per heavy atom. The maximum absolute atomic E-state index is 5.50. The van der Waals surface area contributed by atoms with Crippen LogP contribution in [0.5, 0.6) is 0 Å². The number of fused-ring (bicyclic) bond motifs is 1. The molecule has 86 valence electrons. The van der Waals surface area contributed by atoms with E-state index >= 15 is 0 Å². The first kappa shape index (κ1) is 12.8. The van der Waals surface area contributed by atoms with E-state index in [0.29, 0.717) is 17.4 Å². The van der Waals surface area contributed by atoms with Crippen molar-refractivity contribution in [3.05, 3.63) is 23.7 Å². The second kappa shape index (κ2) is 6.34. The Morgan fingerprint density at radius 1 is 1.62 bits per heavy atom. The molecule has 2 aromatic rings. The van der Waals surface area contributed by atoms with Crippen molar-refractivity contribution in [3.63, 3.8) is 0 Å². The molecule has 0 aliphatic heterocycles. The zero-order valence-corrected chi connectivity index (χ0v) is 10.5. The molecule has 0 aliphatic carbocycles. The van der Waals surface area contributed by atoms with Gasteiger partial charge in [-0.25, -0.2) is 9.50 Å². The lowest BCUT2D eigenvalue weighted by molar-refractivity contribution is 0.334. The monoisotopic (exact) mass is 258 g/mol. The normalized spacial score (nSPS) is 9.44. The second-order valence-corrected chi connectivity index (χ2v) is 3.58. The van der Waals surface area contributed by atoms with Gasteiger partial charge in [-0.3, -0.25) is 0 Å². The fourth-order valence-corrected chi connectivity index (χ4v) is 1.19. The van der Waals surface area contributed by atoms with Crippen LogP contribution in [0.4, 0.5) is 0 Å². The van der Waals surface area contributed by atoms with E-state index in [1.165, 1.54) is 4.52 Å². The van der Waals surface area contributed by atoms with E-state index in [-0.39, 0.29) is 5.28 Å². The van der Waals surface area contributed by atoms with Gasteiger partial charge in [0.1, 0.15) is 0 Å². The third-order valence-electron chi connectivity index (χ3n) is 1.44. The van der Waals surface area contributed by atoms with Crippen molar-refractivity contribution in [1.82, 2.24) is 19.6 Å². The predicted octanol–water partition coefficient (Wildman–Crippen LogP) is 2.15. The third-order valence-corrected chi connectivity index (χ3v) is 1.72. The Morgan fingerprint density at radius 3 is 2.88 bits per heavy atom. The summed E-state index contributed by atoms with van der Waals surface area (Å²) in [7, 11) is 0. The van der Waals surface area contributed by atoms with E-state index in [4.69, 9.17) is 16.3 Å². The standard InChI is InChI=1S/C5H3ClN4.C4H8OS/c6-4-8-5-7-2-1-3-10(5)9-4;1-3-5-4(2)6/h1-3H;3H2,1-2H3. The highest BCUT2D eigenvalue weighted by molar-refractivity contribution is 7.80. The zero-order valence-electron chi connectivity index (χ0n) is 8.92. The van der Waals surface area contributed by atoms with Crippen molar-refractivity contribution in [2.24, 2.45) is 0 Å². The molecule has 0 bridgehead atoms. The van der Waals surface area contributed by atoms with Gasteiger partial charge in [0.05, 0.1) is 6.61 Å². The Labute approximate surface area is 103 Å². The quantitative estimate of drug-likeness (QED) is 0.734. The number of rotatable bonds is 1. The topological polar surface area (TPSA) is 52.3 Å². The van der Waals surface area contributed by atoms with Gasteiger partial charge in [0, 0.05) is 19.3 Å². The van der Waals surface area contributed by atoms with E-state index in [0.717, 1.165) is 0 Å². The van der Waals surface area contributed by atoms with Gasteiger partial charge >= 0.3 is 0 Å². The lowest BCUT2D eigenvalue weighted by Crippen LogP contribution is -1.92. The minimum Gasteiger partial charge on any atom is -0.488 e. The largest absolute Gasteiger partial charge is 0.488 e. The van der Waals surface area contributed by atoms with Crippen LogP contribution >= 0.6 is 23.8 Å². The molecule has 0 unspecified atom stereocenters. The first-order chi connectivity index (χ1) is 7.63. The van der Waals surface area contributed by atoms with Crippen molar-refractivity contribution < 1.29 is 4.74 Å². The molecule has 0 N–H and O–H groups in total. The molecule has 0 aromatic carbocycles. The Balaban J connectivity index is 0.000000187. The highest BCUT2D eigenvalue weighted by atomic mass is 35.5. The predicted molar refractivity (Wildman–Crippen MR) is 65.7 cm³/mol. The van der Waals surface area contributed by atoms with Gasteiger partial charge in [0.2, 0.25) is 5.28 Å². The van der Waals surface area contributed by atoms with Crippen molar-refractivity contribution in [3.8, 4) is 0 Å². The average Bonchev–Trinajstić information content (AvgIpc) is 2.58. The Hall–Kier alpha value is -1.27. The van der Waals surface area contributed by atoms with Crippen LogP contribution < -0.4 is 0 Å². The molecular weight excluding hydrogens is 248 g/mol. The Bertz CT molecular complexity index is 440. The summed E-state index contributed by atoms with van der Waals surface area (Å²) < 4.78 is 6.29. The summed E-state index contributed by atoms with van der Waals surface area (Å²) in [6.45, 7) is 4.37. The van der Waals surface area contributed by atoms with Crippen molar-refractivity contribution >= 4 is 34.6 Å². The average molecular weight is 259 g/mol. The van der Waals surface area contributed by atoms with Crippen LogP contribution in [0.1, 0.15) is 13.8 Å². The van der Waals surface area contributed by atoms with E-state index < -0.39 is 0 Å². The molecule has 5 nitrogen and oxygen atoms in total. The van der Waals surface area contributed by atoms with Crippen LogP contribution in [0.2, 0.25) is 5.28 Å². The van der Waals surface area contributed by atoms with Gasteiger partial charge in [0.25, 0.3) is 5.78 Å². The molecule has 0 saturated heterocycles. The summed E-state index contributed by atoms with van der Waals surface area (Å²) in [5, 5.41) is 4.67. The number of ether oxygens (including phenoxy) is 1. The maximum atomic E-state index is 5.50. The summed E-state index contributed by atoms with van der Waals surface area (Å²) in [5.74, 6) is 0.521. The van der Waals surface area contributed by atoms with E-state index in [1.807, 2.05) is 6.92 Å². The molecule has 2 rings (SSSR count). The fraction of sp³-hybridized carbons (Fsp3) is 0.333. The smallest absolute Gasteiger partial charge is 0.253 e. The van der Waals surface area contributed by atoms with Crippen LogP contribution in [0.3, 0.4) is 0 Å². The molecule has 0 amide bonds. The SMILES string of the molecule is CCOC(C)=S.Clc1nc2ncccn2n1. The molecule has 2 heterocycles. The number of aromatic nitrogens is 4. The minimum absolute atomic E-state index is 0.221. The number of thiocarbonyl (C=S) groups is 1. The third kappa shape index (κ3) is 4.08. The van der Waals surface area contributed by atoms with Gasteiger partial charge in [-0.15, -0.1) is 5.10 Å². The molecule has 0 atom stereocenters. The molecular formula is C9H11ClN4OS. The maximum Gasteiger partial charge on any atom is 0.253 e. The van der Waals surface area contributed by atoms with Gasteiger partial charge in [0.15, 0.2) is 5.05 Å². The van der Waals surface area contributed by atoms with E-state index in [1.54, 1.807) is 25.4 Å². The molecule has 0 saturated carbocycles. The zero-order chi connectivity index (χ0) is 12.0. The highest BCUT2D eigenvalue weighted by Gasteiger charge is 1.97. The number of nitrogens with zero attached hydrogens (tertiary/aromatic N) is 4. The number of hydrogen-bond acceptors (Lipinski definition) is 5. The molecule has 0 fully saturated rings. The molecule has 16 heavy (non-hydrogen) atoms. The van der Waals surface area contributed by atoms with Gasteiger partial charge in [-0.05, 0) is 36.8 Å². The van der Waals surface area contributed by atoms with Crippen LogP contribution in [-0.2, 0) is 4.74 Å². The fourth-order valence-electron chi connectivity index (χ4n) is 0.911. The van der Waals surface area contributed by atoms with E-state index in [9.17, 15) is 0 Å². The molecule has 0 spiro atoms. The van der Waals surface area contributed by atoms with Crippen LogP contribution in [-0.4, -0.2) is 31.2 Å². The summed E-state index contributed by atoms with van der Waals surface area (Å²) in [6, 6.07) is 1.76. The number of halogens is 1. The van der Waals surface area contributed by atoms with Crippen molar-refractivity contribution in [2.75, 3.05) is 6.61 Å². The second-order valence-electron chi connectivity index (χ2n) is 2.67. The van der Waals surface area contributed by atoms with Gasteiger partial charge in [-0.2, -0.15) is 4.98 Å². The Kier molecular flexibility index (Phi) is 5.07. The molecule has 2 aromatic heterocycles. The molecule has 0 radical (unpaired) electrons. The van der Waals surface area contributed by atoms with Crippen LogP contribution in [0, 0.1) is 0 Å². The van der Waals surface area contributed by atoms with Crippen LogP contribution in [0.15, 0.2) is 18.5 Å². The summed E-state index contributed by atoms with van der Waals surface area (Å²) >= 11 is 10.1. The molecule has 7 heteroatoms. The van der Waals surface area contributed by atoms with Crippen LogP contribution in [0.25, 0.3) is 5.78 Å². The van der Waals surface area contributed by atoms with E-state index in [2.05, 4.69) is 27.3 Å². The van der Waals surface area contributed by atoms with Crippen molar-refractivity contribution in [2.45, 2.75) is 13.8 Å². The lowest BCUT2D eigenvalue weighted by atomic mass is 10.7.